The first-order valence-electron chi connectivity index (χ1n) is 15.9. The average molecular weight is 607 g/mol. The molecule has 0 atom stereocenters. The van der Waals surface area contributed by atoms with E-state index in [0.717, 1.165) is 45.2 Å². The lowest BCUT2D eigenvalue weighted by Gasteiger charge is -2.41. The Morgan fingerprint density at radius 1 is 0.362 bits per heavy atom. The van der Waals surface area contributed by atoms with Gasteiger partial charge in [0.05, 0.1) is 16.4 Å². The minimum atomic E-state index is -0.961. The van der Waals surface area contributed by atoms with Crippen molar-refractivity contribution in [1.29, 1.82) is 0 Å². The van der Waals surface area contributed by atoms with Gasteiger partial charge in [0.25, 0.3) is 0 Å². The highest BCUT2D eigenvalue weighted by atomic mass is 16.3. The molecule has 0 bridgehead atoms. The van der Waals surface area contributed by atoms with Crippen LogP contribution >= 0.6 is 0 Å². The van der Waals surface area contributed by atoms with Gasteiger partial charge in [0, 0.05) is 5.56 Å². The van der Waals surface area contributed by atoms with Crippen LogP contribution in [0.1, 0.15) is 54.9 Å². The van der Waals surface area contributed by atoms with Crippen molar-refractivity contribution in [3.8, 4) is 5.75 Å². The zero-order chi connectivity index (χ0) is 32.1. The zero-order valence-electron chi connectivity index (χ0n) is 25.9. The topological polar surface area (TPSA) is 37.3 Å². The van der Waals surface area contributed by atoms with Crippen molar-refractivity contribution in [3.63, 3.8) is 0 Å². The Hall–Kier alpha value is -5.99. The lowest BCUT2D eigenvalue weighted by atomic mass is 9.61. The molecule has 47 heavy (non-hydrogen) atoms. The first kappa shape index (κ1) is 29.7. The molecule has 226 valence electrons. The Bertz CT molecular complexity index is 1880. The van der Waals surface area contributed by atoms with Gasteiger partial charge in [-0.2, -0.15) is 0 Å². The van der Waals surface area contributed by atoms with Crippen molar-refractivity contribution < 1.29 is 9.90 Å². The number of benzene rings is 7. The van der Waals surface area contributed by atoms with Gasteiger partial charge in [-0.05, 0) is 51.1 Å². The maximum atomic E-state index is 13.0. The quantitative estimate of drug-likeness (QED) is 0.131. The molecule has 0 aliphatic carbocycles. The van der Waals surface area contributed by atoms with Gasteiger partial charge in [0.15, 0.2) is 6.29 Å². The van der Waals surface area contributed by atoms with E-state index in [2.05, 4.69) is 115 Å². The van der Waals surface area contributed by atoms with Crippen LogP contribution in [0, 0.1) is 0 Å². The third kappa shape index (κ3) is 4.95. The Morgan fingerprint density at radius 2 is 0.638 bits per heavy atom. The van der Waals surface area contributed by atoms with Crippen LogP contribution in [0.3, 0.4) is 0 Å². The van der Waals surface area contributed by atoms with Gasteiger partial charge in [-0.25, -0.2) is 0 Å². The molecular formula is C45H34O2. The van der Waals surface area contributed by atoms with E-state index in [1.165, 1.54) is 0 Å². The largest absolute Gasteiger partial charge is 0.507 e. The predicted octanol–water partition coefficient (Wildman–Crippen LogP) is 9.97. The number of phenols is 1. The van der Waals surface area contributed by atoms with E-state index < -0.39 is 10.8 Å². The summed E-state index contributed by atoms with van der Waals surface area (Å²) in [6.45, 7) is 0. The van der Waals surface area contributed by atoms with Gasteiger partial charge in [-0.15, -0.1) is 0 Å². The second-order valence-electron chi connectivity index (χ2n) is 11.8. The Morgan fingerprint density at radius 3 is 0.915 bits per heavy atom. The number of hydrogen-bond donors (Lipinski definition) is 1. The smallest absolute Gasteiger partial charge is 0.153 e. The summed E-state index contributed by atoms with van der Waals surface area (Å²) < 4.78 is 0. The van der Waals surface area contributed by atoms with E-state index >= 15 is 0 Å². The number of rotatable bonds is 9. The SMILES string of the molecule is O=Cc1cc(C(c2ccccc2)(c2ccccc2)c2ccccc2)cc(C(c2ccccc2)(c2ccccc2)c2ccccc2)c1O. The lowest BCUT2D eigenvalue weighted by Crippen LogP contribution is -2.34. The van der Waals surface area contributed by atoms with Crippen LogP contribution in [-0.2, 0) is 10.8 Å². The van der Waals surface area contributed by atoms with Crippen molar-refractivity contribution in [1.82, 2.24) is 0 Å². The fraction of sp³-hybridized carbons (Fsp3) is 0.0444. The molecule has 2 nitrogen and oxygen atoms in total. The van der Waals surface area contributed by atoms with Crippen LogP contribution in [0.25, 0.3) is 0 Å². The van der Waals surface area contributed by atoms with Gasteiger partial charge in [-0.3, -0.25) is 4.79 Å². The zero-order valence-corrected chi connectivity index (χ0v) is 25.9. The summed E-state index contributed by atoms with van der Waals surface area (Å²) in [6.07, 6.45) is 0.778. The van der Waals surface area contributed by atoms with Gasteiger partial charge < -0.3 is 5.11 Å². The van der Waals surface area contributed by atoms with Crippen LogP contribution < -0.4 is 0 Å². The summed E-state index contributed by atoms with van der Waals surface area (Å²) in [6, 6.07) is 66.1. The molecule has 0 unspecified atom stereocenters. The van der Waals surface area contributed by atoms with Gasteiger partial charge in [0.1, 0.15) is 5.75 Å². The lowest BCUT2D eigenvalue weighted by molar-refractivity contribution is 0.112. The molecule has 7 aromatic rings. The summed E-state index contributed by atoms with van der Waals surface area (Å²) in [5, 5.41) is 12.3. The summed E-state index contributed by atoms with van der Waals surface area (Å²) in [4.78, 5) is 13.0. The summed E-state index contributed by atoms with van der Waals surface area (Å²) in [7, 11) is 0. The van der Waals surface area contributed by atoms with Crippen LogP contribution in [0.4, 0.5) is 0 Å². The molecule has 0 fully saturated rings. The molecule has 0 aliphatic rings. The minimum absolute atomic E-state index is 0.0385. The third-order valence-corrected chi connectivity index (χ3v) is 9.34. The van der Waals surface area contributed by atoms with Crippen molar-refractivity contribution >= 4 is 6.29 Å². The molecule has 0 aromatic heterocycles. The van der Waals surface area contributed by atoms with Crippen molar-refractivity contribution in [2.24, 2.45) is 0 Å². The van der Waals surface area contributed by atoms with Crippen molar-refractivity contribution in [2.75, 3.05) is 0 Å². The number of hydrogen-bond acceptors (Lipinski definition) is 2. The number of phenolic OH excluding ortho intramolecular Hbond substituents is 1. The molecule has 0 amide bonds. The monoisotopic (exact) mass is 606 g/mol. The van der Waals surface area contributed by atoms with Crippen LogP contribution in [0.2, 0.25) is 0 Å². The molecule has 0 saturated carbocycles. The van der Waals surface area contributed by atoms with Crippen molar-refractivity contribution in [3.05, 3.63) is 244 Å². The second kappa shape index (κ2) is 12.8. The molecule has 0 heterocycles. The molecule has 0 spiro atoms. The van der Waals surface area contributed by atoms with Gasteiger partial charge >= 0.3 is 0 Å². The maximum absolute atomic E-state index is 13.0. The molecule has 1 N–H and O–H groups in total. The highest BCUT2D eigenvalue weighted by Gasteiger charge is 2.44. The Balaban J connectivity index is 1.69. The number of carbonyl (C=O) groups is 1. The number of carbonyl (C=O) groups excluding carboxylic acids is 1. The molecule has 2 heteroatoms. The van der Waals surface area contributed by atoms with E-state index in [4.69, 9.17) is 0 Å². The van der Waals surface area contributed by atoms with Crippen LogP contribution in [0.15, 0.2) is 194 Å². The molecule has 0 radical (unpaired) electrons. The summed E-state index contributed by atoms with van der Waals surface area (Å²) >= 11 is 0. The highest BCUT2D eigenvalue weighted by molar-refractivity contribution is 5.83. The Kier molecular flexibility index (Phi) is 8.08. The minimum Gasteiger partial charge on any atom is -0.507 e. The fourth-order valence-electron chi connectivity index (χ4n) is 7.34. The molecule has 0 saturated heterocycles. The highest BCUT2D eigenvalue weighted by Crippen LogP contribution is 2.52. The van der Waals surface area contributed by atoms with Crippen LogP contribution in [0.5, 0.6) is 5.75 Å². The number of aromatic hydroxyl groups is 1. The van der Waals surface area contributed by atoms with Crippen molar-refractivity contribution in [2.45, 2.75) is 10.8 Å². The maximum Gasteiger partial charge on any atom is 0.153 e. The molecule has 7 rings (SSSR count). The third-order valence-electron chi connectivity index (χ3n) is 9.34. The fourth-order valence-corrected chi connectivity index (χ4v) is 7.34. The Labute approximate surface area is 276 Å². The average Bonchev–Trinajstić information content (AvgIpc) is 3.16. The first-order valence-corrected chi connectivity index (χ1v) is 15.9. The van der Waals surface area contributed by atoms with Gasteiger partial charge in [-0.1, -0.05) is 182 Å². The molecule has 0 aliphatic heterocycles. The normalized spacial score (nSPS) is 11.6. The summed E-state index contributed by atoms with van der Waals surface area (Å²) in [5.74, 6) is -0.0385. The van der Waals surface area contributed by atoms with Gasteiger partial charge in [0.2, 0.25) is 0 Å². The van der Waals surface area contributed by atoms with E-state index in [1.54, 1.807) is 0 Å². The van der Waals surface area contributed by atoms with E-state index in [-0.39, 0.29) is 11.3 Å². The van der Waals surface area contributed by atoms with E-state index in [0.29, 0.717) is 5.56 Å². The standard InChI is InChI=1S/C45H34O2/c46-33-34-31-41(44(35-19-7-1-8-20-35,36-21-9-2-10-22-36)37-23-11-3-12-24-37)32-42(43(34)47)45(38-25-13-4-14-26-38,39-27-15-5-16-28-39)40-29-17-6-18-30-40/h1-33,47H. The molecule has 7 aromatic carbocycles. The van der Waals surface area contributed by atoms with E-state index in [1.807, 2.05) is 78.9 Å². The van der Waals surface area contributed by atoms with Crippen LogP contribution in [-0.4, -0.2) is 11.4 Å². The predicted molar refractivity (Wildman–Crippen MR) is 190 cm³/mol. The number of aldehydes is 1. The second-order valence-corrected chi connectivity index (χ2v) is 11.8. The first-order chi connectivity index (χ1) is 23.2. The molecular weight excluding hydrogens is 572 g/mol. The summed E-state index contributed by atoms with van der Waals surface area (Å²) in [5.41, 5.74) is 6.05. The van der Waals surface area contributed by atoms with E-state index in [9.17, 15) is 9.90 Å².